The molecule has 2 heterocycles. The number of amides is 1. The summed E-state index contributed by atoms with van der Waals surface area (Å²) in [5, 5.41) is 12.3. The largest absolute Gasteiger partial charge is 0.301 e. The summed E-state index contributed by atoms with van der Waals surface area (Å²) in [7, 11) is 0. The summed E-state index contributed by atoms with van der Waals surface area (Å²) >= 11 is 2.63. The molecular formula is C15H21N5O2S2. The molecule has 0 spiro atoms. The molecule has 0 aliphatic carbocycles. The van der Waals surface area contributed by atoms with Crippen LogP contribution in [0.1, 0.15) is 50.7 Å². The number of hydrogen-bond acceptors (Lipinski definition) is 7. The molecule has 1 amide bonds. The van der Waals surface area contributed by atoms with Crippen LogP contribution >= 0.6 is 23.1 Å². The molecule has 1 unspecified atom stereocenters. The SMILES string of the molecule is CCc1cc(=O)[nH]c(SC(CC)C(=O)Nc2nnc(C(C)C)s2)n1. The molecule has 7 nitrogen and oxygen atoms in total. The number of anilines is 1. The first-order valence-electron chi connectivity index (χ1n) is 7.84. The summed E-state index contributed by atoms with van der Waals surface area (Å²) in [6.07, 6.45) is 1.27. The minimum atomic E-state index is -0.369. The van der Waals surface area contributed by atoms with Crippen LogP contribution in [0.15, 0.2) is 16.0 Å². The molecule has 0 fully saturated rings. The van der Waals surface area contributed by atoms with Gasteiger partial charge in [0.2, 0.25) is 11.0 Å². The molecular weight excluding hydrogens is 346 g/mol. The Morgan fingerprint density at radius 2 is 2.12 bits per heavy atom. The van der Waals surface area contributed by atoms with E-state index in [4.69, 9.17) is 0 Å². The van der Waals surface area contributed by atoms with Gasteiger partial charge in [-0.3, -0.25) is 14.9 Å². The zero-order valence-electron chi connectivity index (χ0n) is 14.1. The van der Waals surface area contributed by atoms with Gasteiger partial charge in [-0.15, -0.1) is 10.2 Å². The number of aromatic amines is 1. The van der Waals surface area contributed by atoms with Crippen LogP contribution in [0.2, 0.25) is 0 Å². The Morgan fingerprint density at radius 1 is 1.38 bits per heavy atom. The van der Waals surface area contributed by atoms with E-state index >= 15 is 0 Å². The number of H-pyrrole nitrogens is 1. The maximum atomic E-state index is 12.5. The maximum Gasteiger partial charge on any atom is 0.251 e. The fourth-order valence-corrected chi connectivity index (χ4v) is 3.56. The van der Waals surface area contributed by atoms with Crippen molar-refractivity contribution < 1.29 is 4.79 Å². The molecule has 0 aliphatic heterocycles. The van der Waals surface area contributed by atoms with E-state index in [0.29, 0.717) is 28.8 Å². The molecule has 24 heavy (non-hydrogen) atoms. The van der Waals surface area contributed by atoms with E-state index < -0.39 is 0 Å². The minimum Gasteiger partial charge on any atom is -0.301 e. The third kappa shape index (κ3) is 4.88. The summed E-state index contributed by atoms with van der Waals surface area (Å²) in [5.74, 6) is 0.106. The van der Waals surface area contributed by atoms with Gasteiger partial charge in [-0.05, 0) is 12.8 Å². The molecule has 0 bridgehead atoms. The van der Waals surface area contributed by atoms with Crippen molar-refractivity contribution >= 4 is 34.1 Å². The van der Waals surface area contributed by atoms with E-state index in [1.165, 1.54) is 29.2 Å². The molecule has 0 saturated carbocycles. The van der Waals surface area contributed by atoms with Gasteiger partial charge < -0.3 is 4.98 Å². The van der Waals surface area contributed by atoms with E-state index in [-0.39, 0.29) is 22.6 Å². The lowest BCUT2D eigenvalue weighted by molar-refractivity contribution is -0.115. The number of carbonyl (C=O) groups excluding carboxylic acids is 1. The molecule has 0 aliphatic rings. The van der Waals surface area contributed by atoms with Gasteiger partial charge in [-0.25, -0.2) is 4.98 Å². The Hall–Kier alpha value is -1.74. The molecule has 0 saturated heterocycles. The van der Waals surface area contributed by atoms with Crippen LogP contribution in [-0.2, 0) is 11.2 Å². The van der Waals surface area contributed by atoms with Crippen molar-refractivity contribution in [3.05, 3.63) is 27.1 Å². The molecule has 1 atom stereocenters. The van der Waals surface area contributed by atoms with Gasteiger partial charge in [-0.1, -0.05) is 50.8 Å². The zero-order valence-corrected chi connectivity index (χ0v) is 15.8. The Bertz CT molecular complexity index is 756. The number of carbonyl (C=O) groups is 1. The van der Waals surface area contributed by atoms with Crippen LogP contribution in [0.4, 0.5) is 5.13 Å². The molecule has 0 aromatic carbocycles. The zero-order chi connectivity index (χ0) is 17.7. The quantitative estimate of drug-likeness (QED) is 0.576. The summed E-state index contributed by atoms with van der Waals surface area (Å²) in [4.78, 5) is 31.1. The molecule has 0 radical (unpaired) electrons. The first-order chi connectivity index (χ1) is 11.4. The average molecular weight is 368 g/mol. The maximum absolute atomic E-state index is 12.5. The second kappa shape index (κ2) is 8.39. The van der Waals surface area contributed by atoms with Gasteiger partial charge in [0.1, 0.15) is 5.01 Å². The van der Waals surface area contributed by atoms with Gasteiger partial charge in [0, 0.05) is 17.7 Å². The standard InChI is InChI=1S/C15H21N5O2S2/c1-5-9-7-11(21)17-14(16-9)23-10(6-2)12(22)18-15-20-19-13(24-15)8(3)4/h7-8,10H,5-6H2,1-4H3,(H,16,17,21)(H,18,20,22). The predicted molar refractivity (Wildman–Crippen MR) is 96.8 cm³/mol. The Kier molecular flexibility index (Phi) is 6.50. The first kappa shape index (κ1) is 18.6. The first-order valence-corrected chi connectivity index (χ1v) is 9.53. The second-order valence-corrected chi connectivity index (χ2v) is 7.70. The summed E-state index contributed by atoms with van der Waals surface area (Å²) in [5.41, 5.74) is 0.507. The third-order valence-corrected chi connectivity index (χ3v) is 5.60. The fourth-order valence-electron chi connectivity index (χ4n) is 1.88. The molecule has 2 aromatic rings. The van der Waals surface area contributed by atoms with E-state index in [1.807, 2.05) is 27.7 Å². The highest BCUT2D eigenvalue weighted by atomic mass is 32.2. The van der Waals surface area contributed by atoms with E-state index in [2.05, 4.69) is 25.5 Å². The van der Waals surface area contributed by atoms with E-state index in [1.54, 1.807) is 0 Å². The number of hydrogen-bond donors (Lipinski definition) is 2. The van der Waals surface area contributed by atoms with Crippen LogP contribution < -0.4 is 10.9 Å². The smallest absolute Gasteiger partial charge is 0.251 e. The number of rotatable bonds is 7. The average Bonchev–Trinajstić information content (AvgIpc) is 3.00. The van der Waals surface area contributed by atoms with Crippen molar-refractivity contribution in [2.24, 2.45) is 0 Å². The molecule has 9 heteroatoms. The third-order valence-electron chi connectivity index (χ3n) is 3.22. The lowest BCUT2D eigenvalue weighted by Gasteiger charge is -2.12. The van der Waals surface area contributed by atoms with Crippen molar-refractivity contribution in [1.82, 2.24) is 20.2 Å². The van der Waals surface area contributed by atoms with E-state index in [0.717, 1.165) is 5.01 Å². The van der Waals surface area contributed by atoms with Crippen molar-refractivity contribution in [2.75, 3.05) is 5.32 Å². The summed E-state index contributed by atoms with van der Waals surface area (Å²) in [6, 6.07) is 1.47. The van der Waals surface area contributed by atoms with Crippen molar-refractivity contribution in [2.45, 2.75) is 56.9 Å². The molecule has 130 valence electrons. The monoisotopic (exact) mass is 367 g/mol. The Balaban J connectivity index is 2.08. The lowest BCUT2D eigenvalue weighted by atomic mass is 10.2. The van der Waals surface area contributed by atoms with Crippen LogP contribution in [0.3, 0.4) is 0 Å². The van der Waals surface area contributed by atoms with Crippen LogP contribution in [0.25, 0.3) is 0 Å². The highest BCUT2D eigenvalue weighted by Crippen LogP contribution is 2.26. The van der Waals surface area contributed by atoms with Crippen molar-refractivity contribution in [3.63, 3.8) is 0 Å². The van der Waals surface area contributed by atoms with Crippen molar-refractivity contribution in [3.8, 4) is 0 Å². The minimum absolute atomic E-state index is 0.168. The highest BCUT2D eigenvalue weighted by molar-refractivity contribution is 8.00. The number of nitrogens with one attached hydrogen (secondary N) is 2. The van der Waals surface area contributed by atoms with Gasteiger partial charge in [0.25, 0.3) is 5.56 Å². The van der Waals surface area contributed by atoms with Gasteiger partial charge >= 0.3 is 0 Å². The predicted octanol–water partition coefficient (Wildman–Crippen LogP) is 2.82. The molecule has 2 rings (SSSR count). The van der Waals surface area contributed by atoms with E-state index in [9.17, 15) is 9.59 Å². The Labute approximate surface area is 148 Å². The summed E-state index contributed by atoms with van der Waals surface area (Å²) < 4.78 is 0. The topological polar surface area (TPSA) is 101 Å². The van der Waals surface area contributed by atoms with Crippen LogP contribution in [0, 0.1) is 0 Å². The fraction of sp³-hybridized carbons (Fsp3) is 0.533. The number of aryl methyl sites for hydroxylation is 1. The normalized spacial score (nSPS) is 12.4. The highest BCUT2D eigenvalue weighted by Gasteiger charge is 2.21. The van der Waals surface area contributed by atoms with Gasteiger partial charge in [-0.2, -0.15) is 0 Å². The van der Waals surface area contributed by atoms with Crippen LogP contribution in [0.5, 0.6) is 0 Å². The number of nitrogens with zero attached hydrogens (tertiary/aromatic N) is 3. The number of aromatic nitrogens is 4. The number of thioether (sulfide) groups is 1. The lowest BCUT2D eigenvalue weighted by Crippen LogP contribution is -2.25. The molecule has 2 N–H and O–H groups in total. The summed E-state index contributed by atoms with van der Waals surface area (Å²) in [6.45, 7) is 7.90. The Morgan fingerprint density at radius 3 is 2.71 bits per heavy atom. The van der Waals surface area contributed by atoms with Gasteiger partial charge in [0.15, 0.2) is 5.16 Å². The second-order valence-electron chi connectivity index (χ2n) is 5.50. The molecule has 2 aromatic heterocycles. The van der Waals surface area contributed by atoms with Crippen LogP contribution in [-0.4, -0.2) is 31.3 Å². The van der Waals surface area contributed by atoms with Crippen molar-refractivity contribution in [1.29, 1.82) is 0 Å². The van der Waals surface area contributed by atoms with Gasteiger partial charge in [0.05, 0.1) is 5.25 Å².